The van der Waals surface area contributed by atoms with Crippen LogP contribution in [-0.4, -0.2) is 10.8 Å². The van der Waals surface area contributed by atoms with Crippen LogP contribution >= 0.6 is 22.9 Å². The summed E-state index contributed by atoms with van der Waals surface area (Å²) in [5.41, 5.74) is 1.87. The van der Waals surface area contributed by atoms with Gasteiger partial charge < -0.3 is 5.32 Å². The third-order valence-electron chi connectivity index (χ3n) is 4.45. The number of anilines is 1. The van der Waals surface area contributed by atoms with Crippen LogP contribution in [0.5, 0.6) is 0 Å². The van der Waals surface area contributed by atoms with Crippen LogP contribution in [0.2, 0.25) is 5.02 Å². The topological polar surface area (TPSA) is 96.0 Å². The molecular weight excluding hydrogens is 386 g/mol. The molecular formula is C19H16ClN3O3S. The lowest BCUT2D eigenvalue weighted by molar-refractivity contribution is -0.384. The van der Waals surface area contributed by atoms with Gasteiger partial charge in [0.1, 0.15) is 16.1 Å². The first-order valence-electron chi connectivity index (χ1n) is 8.36. The van der Waals surface area contributed by atoms with E-state index in [1.165, 1.54) is 35.6 Å². The van der Waals surface area contributed by atoms with Crippen LogP contribution in [-0.2, 0) is 17.6 Å². The van der Waals surface area contributed by atoms with Crippen LogP contribution in [0.4, 0.5) is 10.7 Å². The molecule has 1 aromatic heterocycles. The second-order valence-electron chi connectivity index (χ2n) is 6.46. The van der Waals surface area contributed by atoms with Gasteiger partial charge in [0.25, 0.3) is 5.69 Å². The molecule has 1 aliphatic carbocycles. The first-order chi connectivity index (χ1) is 12.9. The van der Waals surface area contributed by atoms with Crippen LogP contribution in [0.15, 0.2) is 24.3 Å². The predicted molar refractivity (Wildman–Crippen MR) is 106 cm³/mol. The van der Waals surface area contributed by atoms with Crippen molar-refractivity contribution in [1.82, 2.24) is 0 Å². The summed E-state index contributed by atoms with van der Waals surface area (Å²) in [6.45, 7) is 2.18. The van der Waals surface area contributed by atoms with E-state index < -0.39 is 10.8 Å². The van der Waals surface area contributed by atoms with Gasteiger partial charge in [0.05, 0.1) is 10.5 Å². The van der Waals surface area contributed by atoms with Crippen molar-refractivity contribution in [3.8, 4) is 6.07 Å². The minimum Gasteiger partial charge on any atom is -0.313 e. The summed E-state index contributed by atoms with van der Waals surface area (Å²) in [4.78, 5) is 23.8. The molecule has 6 nitrogen and oxygen atoms in total. The lowest BCUT2D eigenvalue weighted by Crippen LogP contribution is -2.10. The highest BCUT2D eigenvalue weighted by atomic mass is 35.5. The third-order valence-corrected chi connectivity index (χ3v) is 5.94. The number of benzene rings is 1. The van der Waals surface area contributed by atoms with Crippen molar-refractivity contribution in [2.45, 2.75) is 26.2 Å². The number of nitriles is 1. The Balaban J connectivity index is 1.77. The number of thiophene rings is 1. The van der Waals surface area contributed by atoms with E-state index in [0.29, 0.717) is 22.0 Å². The van der Waals surface area contributed by atoms with Crippen LogP contribution in [0.3, 0.4) is 0 Å². The van der Waals surface area contributed by atoms with Crippen molar-refractivity contribution < 1.29 is 9.72 Å². The maximum absolute atomic E-state index is 12.3. The Kier molecular flexibility index (Phi) is 5.59. The van der Waals surface area contributed by atoms with Gasteiger partial charge in [0, 0.05) is 17.0 Å². The van der Waals surface area contributed by atoms with Gasteiger partial charge in [-0.15, -0.1) is 11.3 Å². The number of hydrogen-bond acceptors (Lipinski definition) is 5. The average molecular weight is 402 g/mol. The van der Waals surface area contributed by atoms with Gasteiger partial charge >= 0.3 is 0 Å². The van der Waals surface area contributed by atoms with E-state index in [2.05, 4.69) is 18.3 Å². The molecule has 1 N–H and O–H groups in total. The molecule has 0 saturated carbocycles. The number of nitrogens with one attached hydrogen (secondary N) is 1. The van der Waals surface area contributed by atoms with Crippen LogP contribution in [0.25, 0.3) is 6.08 Å². The number of fused-ring (bicyclic) bond motifs is 1. The van der Waals surface area contributed by atoms with E-state index in [-0.39, 0.29) is 10.7 Å². The molecule has 8 heteroatoms. The summed E-state index contributed by atoms with van der Waals surface area (Å²) in [6.07, 6.45) is 5.58. The quantitative estimate of drug-likeness (QED) is 0.445. The zero-order valence-corrected chi connectivity index (χ0v) is 16.1. The monoisotopic (exact) mass is 401 g/mol. The normalized spacial score (nSPS) is 16.0. The minimum atomic E-state index is -0.573. The van der Waals surface area contributed by atoms with Gasteiger partial charge in [-0.3, -0.25) is 14.9 Å². The molecule has 1 heterocycles. The highest BCUT2D eigenvalue weighted by Gasteiger charge is 2.24. The van der Waals surface area contributed by atoms with Crippen molar-refractivity contribution in [3.63, 3.8) is 0 Å². The maximum Gasteiger partial charge on any atom is 0.288 e. The first kappa shape index (κ1) is 19.1. The molecule has 138 valence electrons. The Hall–Kier alpha value is -2.69. The standard InChI is InChI=1S/C19H16ClN3O3S/c1-11-2-5-13-14(10-21)19(27-17(13)8-11)22-18(24)7-4-12-3-6-15(20)16(9-12)23(25)26/h3-4,6-7,9,11H,2,5,8H2,1H3,(H,22,24). The van der Waals surface area contributed by atoms with Crippen LogP contribution < -0.4 is 5.32 Å². The molecule has 0 saturated heterocycles. The molecule has 2 aromatic rings. The number of nitro benzene ring substituents is 1. The first-order valence-corrected chi connectivity index (χ1v) is 9.56. The molecule has 1 aromatic carbocycles. The molecule has 27 heavy (non-hydrogen) atoms. The van der Waals surface area contributed by atoms with Gasteiger partial charge in [0.15, 0.2) is 0 Å². The number of amides is 1. The third kappa shape index (κ3) is 4.18. The van der Waals surface area contributed by atoms with Crippen molar-refractivity contribution in [2.24, 2.45) is 5.92 Å². The molecule has 0 spiro atoms. The lowest BCUT2D eigenvalue weighted by atomic mass is 9.89. The Bertz CT molecular complexity index is 991. The SMILES string of the molecule is CC1CCc2c(sc(NC(=O)C=Cc3ccc(Cl)c([N+](=O)[O-])c3)c2C#N)C1. The minimum absolute atomic E-state index is 0.0404. The summed E-state index contributed by atoms with van der Waals surface area (Å²) >= 11 is 7.23. The molecule has 0 bridgehead atoms. The molecule has 0 aliphatic heterocycles. The second kappa shape index (κ2) is 7.91. The summed E-state index contributed by atoms with van der Waals surface area (Å²) in [7, 11) is 0. The smallest absolute Gasteiger partial charge is 0.288 e. The highest BCUT2D eigenvalue weighted by molar-refractivity contribution is 7.16. The fourth-order valence-electron chi connectivity index (χ4n) is 3.06. The number of nitrogens with zero attached hydrogens (tertiary/aromatic N) is 2. The van der Waals surface area contributed by atoms with Gasteiger partial charge in [-0.25, -0.2) is 0 Å². The van der Waals surface area contributed by atoms with Crippen molar-refractivity contribution in [2.75, 3.05) is 5.32 Å². The number of carbonyl (C=O) groups is 1. The van der Waals surface area contributed by atoms with Gasteiger partial charge in [-0.05, 0) is 48.4 Å². The van der Waals surface area contributed by atoms with Gasteiger partial charge in [0.2, 0.25) is 5.91 Å². The molecule has 1 amide bonds. The van der Waals surface area contributed by atoms with Crippen molar-refractivity contribution >= 4 is 45.6 Å². The number of nitro groups is 1. The Morgan fingerprint density at radius 2 is 2.30 bits per heavy atom. The zero-order valence-electron chi connectivity index (χ0n) is 14.5. The zero-order chi connectivity index (χ0) is 19.6. The van der Waals surface area contributed by atoms with E-state index in [9.17, 15) is 20.2 Å². The fraction of sp³-hybridized carbons (Fsp3) is 0.263. The van der Waals surface area contributed by atoms with E-state index in [0.717, 1.165) is 29.7 Å². The number of hydrogen-bond donors (Lipinski definition) is 1. The number of halogens is 1. The predicted octanol–water partition coefficient (Wildman–Crippen LogP) is 4.96. The van der Waals surface area contributed by atoms with Gasteiger partial charge in [-0.2, -0.15) is 5.26 Å². The highest BCUT2D eigenvalue weighted by Crippen LogP contribution is 2.39. The summed E-state index contributed by atoms with van der Waals surface area (Å²) < 4.78 is 0. The molecule has 0 fully saturated rings. The average Bonchev–Trinajstić information content (AvgIpc) is 2.96. The molecule has 3 rings (SSSR count). The van der Waals surface area contributed by atoms with E-state index in [4.69, 9.17) is 11.6 Å². The van der Waals surface area contributed by atoms with Gasteiger partial charge in [-0.1, -0.05) is 24.6 Å². The maximum atomic E-state index is 12.3. The number of rotatable bonds is 4. The molecule has 1 aliphatic rings. The van der Waals surface area contributed by atoms with Crippen LogP contribution in [0.1, 0.15) is 34.9 Å². The lowest BCUT2D eigenvalue weighted by Gasteiger charge is -2.17. The van der Waals surface area contributed by atoms with E-state index >= 15 is 0 Å². The molecule has 1 atom stereocenters. The summed E-state index contributed by atoms with van der Waals surface area (Å²) in [6, 6.07) is 6.51. The largest absolute Gasteiger partial charge is 0.313 e. The Morgan fingerprint density at radius 1 is 1.52 bits per heavy atom. The molecule has 0 radical (unpaired) electrons. The summed E-state index contributed by atoms with van der Waals surface area (Å²) in [5, 5.41) is 23.8. The second-order valence-corrected chi connectivity index (χ2v) is 7.97. The van der Waals surface area contributed by atoms with Crippen molar-refractivity contribution in [1.29, 1.82) is 5.26 Å². The summed E-state index contributed by atoms with van der Waals surface area (Å²) in [5.74, 6) is 0.183. The fourth-order valence-corrected chi connectivity index (χ4v) is 4.61. The van der Waals surface area contributed by atoms with E-state index in [1.807, 2.05) is 0 Å². The van der Waals surface area contributed by atoms with E-state index in [1.54, 1.807) is 6.07 Å². The van der Waals surface area contributed by atoms with Crippen molar-refractivity contribution in [3.05, 3.63) is 61.0 Å². The number of carbonyl (C=O) groups excluding carboxylic acids is 1. The van der Waals surface area contributed by atoms with Crippen LogP contribution in [0, 0.1) is 27.4 Å². The molecule has 1 unspecified atom stereocenters. The Labute approximate surface area is 165 Å². The Morgan fingerprint density at radius 3 is 3.00 bits per heavy atom.